The molecule has 98 valence electrons. The standard InChI is InChI=1S/C13H14F2O3/c1-3-18-12(16)6-8(2)13(17)9-4-5-10(14)11(15)7-9/h4-5,7-8H,3,6H2,1-2H3. The summed E-state index contributed by atoms with van der Waals surface area (Å²) in [5, 5.41) is 0. The Bertz CT molecular complexity index is 458. The molecule has 1 aromatic carbocycles. The molecule has 0 aliphatic heterocycles. The van der Waals surface area contributed by atoms with Crippen LogP contribution < -0.4 is 0 Å². The van der Waals surface area contributed by atoms with Gasteiger partial charge in [0.15, 0.2) is 17.4 Å². The lowest BCUT2D eigenvalue weighted by Crippen LogP contribution is -2.17. The molecule has 1 atom stereocenters. The first-order valence-corrected chi connectivity index (χ1v) is 5.60. The number of hydrogen-bond donors (Lipinski definition) is 0. The molecule has 0 fully saturated rings. The van der Waals surface area contributed by atoms with E-state index in [4.69, 9.17) is 4.74 Å². The lowest BCUT2D eigenvalue weighted by Gasteiger charge is -2.09. The van der Waals surface area contributed by atoms with E-state index in [0.717, 1.165) is 12.1 Å². The molecule has 0 heterocycles. The molecule has 0 spiro atoms. The summed E-state index contributed by atoms with van der Waals surface area (Å²) in [6.07, 6.45) is -0.0777. The summed E-state index contributed by atoms with van der Waals surface area (Å²) < 4.78 is 30.4. The van der Waals surface area contributed by atoms with Gasteiger partial charge in [0.05, 0.1) is 13.0 Å². The molecule has 18 heavy (non-hydrogen) atoms. The van der Waals surface area contributed by atoms with Gasteiger partial charge in [-0.1, -0.05) is 6.92 Å². The molecular formula is C13H14F2O3. The van der Waals surface area contributed by atoms with Crippen LogP contribution in [0.5, 0.6) is 0 Å². The predicted molar refractivity (Wildman–Crippen MR) is 61.1 cm³/mol. The quantitative estimate of drug-likeness (QED) is 0.601. The average molecular weight is 256 g/mol. The van der Waals surface area contributed by atoms with Crippen molar-refractivity contribution in [3.63, 3.8) is 0 Å². The fourth-order valence-electron chi connectivity index (χ4n) is 1.50. The average Bonchev–Trinajstić information content (AvgIpc) is 2.32. The van der Waals surface area contributed by atoms with Crippen molar-refractivity contribution in [3.8, 4) is 0 Å². The minimum absolute atomic E-state index is 0.0469. The Kier molecular flexibility index (Phi) is 4.95. The lowest BCUT2D eigenvalue weighted by molar-refractivity contribution is -0.143. The summed E-state index contributed by atoms with van der Waals surface area (Å²) in [5.74, 6) is -3.62. The fraction of sp³-hybridized carbons (Fsp3) is 0.385. The Hall–Kier alpha value is -1.78. The molecule has 1 unspecified atom stereocenters. The molecule has 5 heteroatoms. The SMILES string of the molecule is CCOC(=O)CC(C)C(=O)c1ccc(F)c(F)c1. The monoisotopic (exact) mass is 256 g/mol. The highest BCUT2D eigenvalue weighted by Crippen LogP contribution is 2.15. The molecule has 0 amide bonds. The van der Waals surface area contributed by atoms with E-state index in [9.17, 15) is 18.4 Å². The van der Waals surface area contributed by atoms with Gasteiger partial charge in [-0.3, -0.25) is 9.59 Å². The number of ether oxygens (including phenoxy) is 1. The normalized spacial score (nSPS) is 12.0. The molecule has 0 saturated heterocycles. The summed E-state index contributed by atoms with van der Waals surface area (Å²) in [6, 6.07) is 2.92. The van der Waals surface area contributed by atoms with E-state index < -0.39 is 29.3 Å². The number of hydrogen-bond acceptors (Lipinski definition) is 3. The number of ketones is 1. The highest BCUT2D eigenvalue weighted by molar-refractivity contribution is 5.99. The van der Waals surface area contributed by atoms with Crippen LogP contribution in [-0.4, -0.2) is 18.4 Å². The van der Waals surface area contributed by atoms with Crippen LogP contribution in [0.1, 0.15) is 30.6 Å². The first-order chi connectivity index (χ1) is 8.45. The predicted octanol–water partition coefficient (Wildman–Crippen LogP) is 2.74. The molecule has 1 aromatic rings. The van der Waals surface area contributed by atoms with Crippen LogP contribution in [0, 0.1) is 17.6 Å². The largest absolute Gasteiger partial charge is 0.466 e. The topological polar surface area (TPSA) is 43.4 Å². The van der Waals surface area contributed by atoms with Crippen LogP contribution in [0.2, 0.25) is 0 Å². The molecule has 0 aliphatic rings. The van der Waals surface area contributed by atoms with Gasteiger partial charge in [0.2, 0.25) is 0 Å². The van der Waals surface area contributed by atoms with Crippen molar-refractivity contribution in [3.05, 3.63) is 35.4 Å². The number of carbonyl (C=O) groups is 2. The van der Waals surface area contributed by atoms with Gasteiger partial charge in [-0.2, -0.15) is 0 Å². The summed E-state index contributed by atoms with van der Waals surface area (Å²) in [4.78, 5) is 23.1. The second-order valence-electron chi connectivity index (χ2n) is 3.90. The molecule has 0 aliphatic carbocycles. The first kappa shape index (κ1) is 14.3. The van der Waals surface area contributed by atoms with E-state index in [2.05, 4.69) is 0 Å². The number of benzene rings is 1. The zero-order chi connectivity index (χ0) is 13.7. The second-order valence-corrected chi connectivity index (χ2v) is 3.90. The van der Waals surface area contributed by atoms with Crippen molar-refractivity contribution in [1.82, 2.24) is 0 Å². The molecule has 1 rings (SSSR count). The number of halogens is 2. The third-order valence-electron chi connectivity index (χ3n) is 2.43. The van der Waals surface area contributed by atoms with E-state index in [0.29, 0.717) is 0 Å². The van der Waals surface area contributed by atoms with Crippen LogP contribution in [0.25, 0.3) is 0 Å². The molecule has 0 saturated carbocycles. The van der Waals surface area contributed by atoms with Crippen LogP contribution in [0.15, 0.2) is 18.2 Å². The Morgan fingerprint density at radius 1 is 1.28 bits per heavy atom. The molecule has 3 nitrogen and oxygen atoms in total. The zero-order valence-electron chi connectivity index (χ0n) is 10.2. The van der Waals surface area contributed by atoms with Crippen LogP contribution >= 0.6 is 0 Å². The molecule has 0 aromatic heterocycles. The number of carbonyl (C=O) groups excluding carboxylic acids is 2. The smallest absolute Gasteiger partial charge is 0.306 e. The van der Waals surface area contributed by atoms with Crippen molar-refractivity contribution in [2.75, 3.05) is 6.61 Å². The van der Waals surface area contributed by atoms with E-state index in [-0.39, 0.29) is 18.6 Å². The van der Waals surface area contributed by atoms with E-state index in [1.807, 2.05) is 0 Å². The highest BCUT2D eigenvalue weighted by Gasteiger charge is 2.20. The Balaban J connectivity index is 2.74. The Morgan fingerprint density at radius 2 is 1.94 bits per heavy atom. The van der Waals surface area contributed by atoms with Crippen LogP contribution in [0.4, 0.5) is 8.78 Å². The van der Waals surface area contributed by atoms with Crippen molar-refractivity contribution in [2.24, 2.45) is 5.92 Å². The summed E-state index contributed by atoms with van der Waals surface area (Å²) in [5.41, 5.74) is 0.0469. The number of rotatable bonds is 5. The van der Waals surface area contributed by atoms with Crippen molar-refractivity contribution in [1.29, 1.82) is 0 Å². The van der Waals surface area contributed by atoms with E-state index in [1.54, 1.807) is 13.8 Å². The van der Waals surface area contributed by atoms with Crippen molar-refractivity contribution >= 4 is 11.8 Å². The minimum atomic E-state index is -1.08. The zero-order valence-corrected chi connectivity index (χ0v) is 10.2. The van der Waals surface area contributed by atoms with Crippen LogP contribution in [0.3, 0.4) is 0 Å². The summed E-state index contributed by atoms with van der Waals surface area (Å²) in [6.45, 7) is 3.45. The Morgan fingerprint density at radius 3 is 2.50 bits per heavy atom. The number of esters is 1. The maximum atomic E-state index is 13.0. The van der Waals surface area contributed by atoms with Gasteiger partial charge in [-0.15, -0.1) is 0 Å². The maximum absolute atomic E-state index is 13.0. The van der Waals surface area contributed by atoms with Crippen molar-refractivity contribution < 1.29 is 23.1 Å². The Labute approximate surface area is 104 Å². The van der Waals surface area contributed by atoms with Gasteiger partial charge in [0.1, 0.15) is 0 Å². The summed E-state index contributed by atoms with van der Waals surface area (Å²) >= 11 is 0. The lowest BCUT2D eigenvalue weighted by atomic mass is 9.96. The molecular weight excluding hydrogens is 242 g/mol. The molecule has 0 bridgehead atoms. The van der Waals surface area contributed by atoms with Crippen LogP contribution in [-0.2, 0) is 9.53 Å². The first-order valence-electron chi connectivity index (χ1n) is 5.60. The minimum Gasteiger partial charge on any atom is -0.466 e. The van der Waals surface area contributed by atoms with Gasteiger partial charge in [0.25, 0.3) is 0 Å². The molecule has 0 radical (unpaired) electrons. The third kappa shape index (κ3) is 3.61. The van der Waals surface area contributed by atoms with E-state index >= 15 is 0 Å². The third-order valence-corrected chi connectivity index (χ3v) is 2.43. The van der Waals surface area contributed by atoms with Gasteiger partial charge >= 0.3 is 5.97 Å². The second kappa shape index (κ2) is 6.23. The van der Waals surface area contributed by atoms with Gasteiger partial charge in [0, 0.05) is 11.5 Å². The van der Waals surface area contributed by atoms with Gasteiger partial charge < -0.3 is 4.74 Å². The van der Waals surface area contributed by atoms with Crippen molar-refractivity contribution in [2.45, 2.75) is 20.3 Å². The van der Waals surface area contributed by atoms with Gasteiger partial charge in [-0.05, 0) is 25.1 Å². The van der Waals surface area contributed by atoms with Gasteiger partial charge in [-0.25, -0.2) is 8.78 Å². The fourth-order valence-corrected chi connectivity index (χ4v) is 1.50. The summed E-state index contributed by atoms with van der Waals surface area (Å²) in [7, 11) is 0. The highest BCUT2D eigenvalue weighted by atomic mass is 19.2. The number of Topliss-reactive ketones (excluding diaryl/α,β-unsaturated/α-hetero) is 1. The maximum Gasteiger partial charge on any atom is 0.306 e. The molecule has 0 N–H and O–H groups in total. The van der Waals surface area contributed by atoms with E-state index in [1.165, 1.54) is 6.07 Å².